The lowest BCUT2D eigenvalue weighted by Gasteiger charge is -2.13. The first-order valence-electron chi connectivity index (χ1n) is 5.38. The molecule has 1 aromatic heterocycles. The summed E-state index contributed by atoms with van der Waals surface area (Å²) in [6, 6.07) is 6.17. The molecule has 0 saturated heterocycles. The highest BCUT2D eigenvalue weighted by atomic mass is 32.2. The molecule has 14 heavy (non-hydrogen) atoms. The van der Waals surface area contributed by atoms with Gasteiger partial charge in [-0.1, -0.05) is 19.9 Å². The van der Waals surface area contributed by atoms with E-state index in [1.807, 2.05) is 12.3 Å². The minimum Gasteiger partial charge on any atom is -0.261 e. The molecule has 78 valence electrons. The summed E-state index contributed by atoms with van der Waals surface area (Å²) in [6.45, 7) is 4.50. The molecule has 1 unspecified atom stereocenters. The first kappa shape index (κ1) is 11.6. The summed E-state index contributed by atoms with van der Waals surface area (Å²) < 4.78 is 0. The van der Waals surface area contributed by atoms with Crippen molar-refractivity contribution in [3.63, 3.8) is 0 Å². The maximum absolute atomic E-state index is 4.36. The topological polar surface area (TPSA) is 12.9 Å². The van der Waals surface area contributed by atoms with Crippen LogP contribution in [0.2, 0.25) is 0 Å². The third kappa shape index (κ3) is 4.14. The van der Waals surface area contributed by atoms with Gasteiger partial charge in [0.2, 0.25) is 0 Å². The highest BCUT2D eigenvalue weighted by Gasteiger charge is 2.07. The molecular weight excluding hydrogens is 190 g/mol. The molecule has 0 aliphatic carbocycles. The van der Waals surface area contributed by atoms with Crippen molar-refractivity contribution in [2.45, 2.75) is 38.4 Å². The summed E-state index contributed by atoms with van der Waals surface area (Å²) in [5.74, 6) is 1.27. The molecule has 0 amide bonds. The second kappa shape index (κ2) is 6.88. The van der Waals surface area contributed by atoms with Crippen molar-refractivity contribution in [3.8, 4) is 0 Å². The first-order valence-corrected chi connectivity index (χ1v) is 6.43. The second-order valence-electron chi connectivity index (χ2n) is 3.43. The van der Waals surface area contributed by atoms with Crippen molar-refractivity contribution < 1.29 is 0 Å². The Bertz CT molecular complexity index is 235. The Morgan fingerprint density at radius 2 is 2.21 bits per heavy atom. The molecule has 0 aromatic carbocycles. The maximum atomic E-state index is 4.36. The van der Waals surface area contributed by atoms with Crippen LogP contribution in [0.15, 0.2) is 24.4 Å². The fraction of sp³-hybridized carbons (Fsp3) is 0.583. The van der Waals surface area contributed by atoms with Crippen LogP contribution in [0.5, 0.6) is 0 Å². The number of aromatic nitrogens is 1. The van der Waals surface area contributed by atoms with E-state index in [1.165, 1.54) is 24.3 Å². The standard InChI is InChI=1S/C12H19NS/c1-3-9-14-12(4-2)10-11-7-5-6-8-13-11/h5-8,12H,3-4,9-10H2,1-2H3. The van der Waals surface area contributed by atoms with Gasteiger partial charge >= 0.3 is 0 Å². The van der Waals surface area contributed by atoms with Crippen LogP contribution in [-0.2, 0) is 6.42 Å². The molecule has 0 N–H and O–H groups in total. The van der Waals surface area contributed by atoms with Crippen LogP contribution in [0.1, 0.15) is 32.4 Å². The Hall–Kier alpha value is -0.500. The van der Waals surface area contributed by atoms with E-state index in [0.29, 0.717) is 0 Å². The van der Waals surface area contributed by atoms with Gasteiger partial charge in [-0.05, 0) is 30.7 Å². The lowest BCUT2D eigenvalue weighted by Crippen LogP contribution is -2.07. The number of hydrogen-bond donors (Lipinski definition) is 0. The molecule has 1 atom stereocenters. The Labute approximate surface area is 91.3 Å². The monoisotopic (exact) mass is 209 g/mol. The van der Waals surface area contributed by atoms with Crippen LogP contribution < -0.4 is 0 Å². The summed E-state index contributed by atoms with van der Waals surface area (Å²) in [6.07, 6.45) is 5.50. The minimum absolute atomic E-state index is 0.741. The Morgan fingerprint density at radius 3 is 2.79 bits per heavy atom. The molecule has 0 saturated carbocycles. The van der Waals surface area contributed by atoms with Gasteiger partial charge in [-0.25, -0.2) is 0 Å². The van der Waals surface area contributed by atoms with Crippen LogP contribution in [0.3, 0.4) is 0 Å². The van der Waals surface area contributed by atoms with Crippen molar-refractivity contribution in [1.82, 2.24) is 4.98 Å². The highest BCUT2D eigenvalue weighted by molar-refractivity contribution is 7.99. The van der Waals surface area contributed by atoms with Crippen molar-refractivity contribution in [2.24, 2.45) is 0 Å². The summed E-state index contributed by atoms with van der Waals surface area (Å²) in [7, 11) is 0. The van der Waals surface area contributed by atoms with Crippen LogP contribution in [0.25, 0.3) is 0 Å². The van der Waals surface area contributed by atoms with Gasteiger partial charge < -0.3 is 0 Å². The summed E-state index contributed by atoms with van der Waals surface area (Å²) in [5.41, 5.74) is 1.22. The molecule has 2 heteroatoms. The van der Waals surface area contributed by atoms with Gasteiger partial charge in [0, 0.05) is 23.6 Å². The molecular formula is C12H19NS. The van der Waals surface area contributed by atoms with E-state index in [2.05, 4.69) is 42.7 Å². The van der Waals surface area contributed by atoms with Crippen molar-refractivity contribution in [2.75, 3.05) is 5.75 Å². The third-order valence-electron chi connectivity index (χ3n) is 2.18. The van der Waals surface area contributed by atoms with E-state index in [4.69, 9.17) is 0 Å². The van der Waals surface area contributed by atoms with E-state index >= 15 is 0 Å². The molecule has 1 rings (SSSR count). The molecule has 0 fully saturated rings. The van der Waals surface area contributed by atoms with E-state index in [1.54, 1.807) is 0 Å². The average molecular weight is 209 g/mol. The number of nitrogens with zero attached hydrogens (tertiary/aromatic N) is 1. The molecule has 1 heterocycles. The normalized spacial score (nSPS) is 12.7. The Balaban J connectivity index is 2.40. The molecule has 0 aliphatic rings. The maximum Gasteiger partial charge on any atom is 0.0414 e. The van der Waals surface area contributed by atoms with Crippen LogP contribution in [0.4, 0.5) is 0 Å². The van der Waals surface area contributed by atoms with Crippen LogP contribution in [0, 0.1) is 0 Å². The Morgan fingerprint density at radius 1 is 1.36 bits per heavy atom. The lowest BCUT2D eigenvalue weighted by molar-refractivity contribution is 0.795. The number of thioether (sulfide) groups is 1. The number of hydrogen-bond acceptors (Lipinski definition) is 2. The summed E-state index contributed by atoms with van der Waals surface area (Å²) in [4.78, 5) is 4.36. The minimum atomic E-state index is 0.741. The third-order valence-corrected chi connectivity index (χ3v) is 3.79. The Kier molecular flexibility index (Phi) is 5.69. The van der Waals surface area contributed by atoms with Crippen molar-refractivity contribution in [1.29, 1.82) is 0 Å². The van der Waals surface area contributed by atoms with Crippen molar-refractivity contribution in [3.05, 3.63) is 30.1 Å². The smallest absolute Gasteiger partial charge is 0.0414 e. The fourth-order valence-corrected chi connectivity index (χ4v) is 2.45. The van der Waals surface area contributed by atoms with Gasteiger partial charge in [0.25, 0.3) is 0 Å². The zero-order valence-corrected chi connectivity index (χ0v) is 9.89. The largest absolute Gasteiger partial charge is 0.261 e. The number of pyridine rings is 1. The van der Waals surface area contributed by atoms with Gasteiger partial charge in [0.15, 0.2) is 0 Å². The SMILES string of the molecule is CCCSC(CC)Cc1ccccn1. The van der Waals surface area contributed by atoms with Gasteiger partial charge in [0.1, 0.15) is 0 Å². The molecule has 1 aromatic rings. The molecule has 0 spiro atoms. The summed E-state index contributed by atoms with van der Waals surface area (Å²) >= 11 is 2.08. The van der Waals surface area contributed by atoms with Gasteiger partial charge in [-0.3, -0.25) is 4.98 Å². The van der Waals surface area contributed by atoms with E-state index in [9.17, 15) is 0 Å². The first-order chi connectivity index (χ1) is 6.86. The molecule has 1 nitrogen and oxygen atoms in total. The predicted octanol–water partition coefficient (Wildman–Crippen LogP) is 3.55. The quantitative estimate of drug-likeness (QED) is 0.710. The predicted molar refractivity (Wildman–Crippen MR) is 64.8 cm³/mol. The van der Waals surface area contributed by atoms with E-state index in [-0.39, 0.29) is 0 Å². The van der Waals surface area contributed by atoms with E-state index < -0.39 is 0 Å². The summed E-state index contributed by atoms with van der Waals surface area (Å²) in [5, 5.41) is 0.741. The zero-order valence-electron chi connectivity index (χ0n) is 9.07. The van der Waals surface area contributed by atoms with Crippen LogP contribution in [-0.4, -0.2) is 16.0 Å². The fourth-order valence-electron chi connectivity index (χ4n) is 1.36. The molecule has 0 aliphatic heterocycles. The van der Waals surface area contributed by atoms with Crippen LogP contribution >= 0.6 is 11.8 Å². The lowest BCUT2D eigenvalue weighted by atomic mass is 10.2. The average Bonchev–Trinajstić information content (AvgIpc) is 2.25. The van der Waals surface area contributed by atoms with E-state index in [0.717, 1.165) is 11.7 Å². The highest BCUT2D eigenvalue weighted by Crippen LogP contribution is 2.19. The molecule has 0 radical (unpaired) electrons. The molecule has 0 bridgehead atoms. The van der Waals surface area contributed by atoms with Gasteiger partial charge in [-0.2, -0.15) is 11.8 Å². The van der Waals surface area contributed by atoms with Crippen molar-refractivity contribution >= 4 is 11.8 Å². The van der Waals surface area contributed by atoms with Gasteiger partial charge in [0.05, 0.1) is 0 Å². The second-order valence-corrected chi connectivity index (χ2v) is 4.83. The van der Waals surface area contributed by atoms with Gasteiger partial charge in [-0.15, -0.1) is 0 Å². The zero-order chi connectivity index (χ0) is 10.2. The number of rotatable bonds is 6.